The predicted octanol–water partition coefficient (Wildman–Crippen LogP) is 4.09. The van der Waals surface area contributed by atoms with E-state index in [9.17, 15) is 9.90 Å². The zero-order valence-electron chi connectivity index (χ0n) is 13.1. The highest BCUT2D eigenvalue weighted by Gasteiger charge is 2.17. The van der Waals surface area contributed by atoms with Gasteiger partial charge in [-0.1, -0.05) is 23.7 Å². The smallest absolute Gasteiger partial charge is 0.255 e. The molecule has 0 bridgehead atoms. The molecule has 0 aliphatic rings. The number of rotatable bonds is 5. The van der Waals surface area contributed by atoms with Gasteiger partial charge in [0.25, 0.3) is 5.91 Å². The number of aromatic hydroxyl groups is 1. The van der Waals surface area contributed by atoms with Gasteiger partial charge in [-0.3, -0.25) is 4.79 Å². The first-order valence-corrected chi connectivity index (χ1v) is 7.43. The molecule has 2 rings (SSSR count). The van der Waals surface area contributed by atoms with Gasteiger partial charge in [-0.2, -0.15) is 0 Å². The molecule has 0 aromatic heterocycles. The van der Waals surface area contributed by atoms with E-state index in [1.165, 1.54) is 19.2 Å². The Morgan fingerprint density at radius 2 is 1.96 bits per heavy atom. The number of carbonyl (C=O) groups excluding carboxylic acids is 1. The number of para-hydroxylation sites is 2. The largest absolute Gasteiger partial charge is 0.506 e. The fourth-order valence-corrected chi connectivity index (χ4v) is 2.23. The summed E-state index contributed by atoms with van der Waals surface area (Å²) in [6, 6.07) is 9.51. The minimum Gasteiger partial charge on any atom is -0.506 e. The monoisotopic (exact) mass is 335 g/mol. The van der Waals surface area contributed by atoms with Crippen molar-refractivity contribution in [1.29, 1.82) is 0 Å². The SMILES string of the molecule is COc1cc(C(=O)Nc2ccccc2O)cc(Cl)c1OC(C)C. The summed E-state index contributed by atoms with van der Waals surface area (Å²) in [4.78, 5) is 12.3. The van der Waals surface area contributed by atoms with E-state index in [0.717, 1.165) is 0 Å². The number of carbonyl (C=O) groups is 1. The number of hydrogen-bond acceptors (Lipinski definition) is 4. The van der Waals surface area contributed by atoms with Crippen LogP contribution in [0.4, 0.5) is 5.69 Å². The molecule has 2 aromatic carbocycles. The molecule has 0 saturated carbocycles. The molecule has 1 amide bonds. The Morgan fingerprint density at radius 1 is 1.26 bits per heavy atom. The molecule has 0 heterocycles. The van der Waals surface area contributed by atoms with Gasteiger partial charge in [0, 0.05) is 5.56 Å². The summed E-state index contributed by atoms with van der Waals surface area (Å²) in [5.41, 5.74) is 0.612. The van der Waals surface area contributed by atoms with Crippen LogP contribution in [0.15, 0.2) is 36.4 Å². The number of hydrogen-bond donors (Lipinski definition) is 2. The Bertz CT molecular complexity index is 716. The van der Waals surface area contributed by atoms with Crippen molar-refractivity contribution in [3.63, 3.8) is 0 Å². The number of benzene rings is 2. The number of halogens is 1. The molecule has 5 nitrogen and oxygen atoms in total. The van der Waals surface area contributed by atoms with Crippen molar-refractivity contribution in [3.05, 3.63) is 47.0 Å². The quantitative estimate of drug-likeness (QED) is 0.807. The maximum atomic E-state index is 12.3. The maximum absolute atomic E-state index is 12.3. The molecular weight excluding hydrogens is 318 g/mol. The third kappa shape index (κ3) is 4.07. The third-order valence-electron chi connectivity index (χ3n) is 3.00. The first-order valence-electron chi connectivity index (χ1n) is 7.06. The van der Waals surface area contributed by atoms with Crippen molar-refractivity contribution in [2.75, 3.05) is 12.4 Å². The number of nitrogens with one attached hydrogen (secondary N) is 1. The third-order valence-corrected chi connectivity index (χ3v) is 3.28. The minimum absolute atomic E-state index is 0.0151. The number of phenolic OH excluding ortho intramolecular Hbond substituents is 1. The van der Waals surface area contributed by atoms with Crippen molar-refractivity contribution < 1.29 is 19.4 Å². The standard InChI is InChI=1S/C17H18ClNO4/c1-10(2)23-16-12(18)8-11(9-15(16)22-3)17(21)19-13-6-4-5-7-14(13)20/h4-10,20H,1-3H3,(H,19,21). The van der Waals surface area contributed by atoms with Gasteiger partial charge in [-0.05, 0) is 38.1 Å². The van der Waals surface area contributed by atoms with Crippen LogP contribution < -0.4 is 14.8 Å². The lowest BCUT2D eigenvalue weighted by Crippen LogP contribution is -2.13. The van der Waals surface area contributed by atoms with Gasteiger partial charge in [0.15, 0.2) is 11.5 Å². The number of methoxy groups -OCH3 is 1. The topological polar surface area (TPSA) is 67.8 Å². The Balaban J connectivity index is 2.31. The molecule has 0 aliphatic carbocycles. The van der Waals surface area contributed by atoms with Gasteiger partial charge in [0.2, 0.25) is 0 Å². The van der Waals surface area contributed by atoms with Crippen LogP contribution in [0, 0.1) is 0 Å². The molecule has 2 aromatic rings. The molecule has 0 radical (unpaired) electrons. The van der Waals surface area contributed by atoms with Gasteiger partial charge < -0.3 is 19.9 Å². The van der Waals surface area contributed by atoms with Gasteiger partial charge in [0.05, 0.1) is 23.9 Å². The minimum atomic E-state index is -0.414. The highest BCUT2D eigenvalue weighted by Crippen LogP contribution is 2.37. The van der Waals surface area contributed by atoms with Crippen molar-refractivity contribution in [2.45, 2.75) is 20.0 Å². The van der Waals surface area contributed by atoms with E-state index in [4.69, 9.17) is 21.1 Å². The number of amides is 1. The first-order chi connectivity index (χ1) is 10.9. The van der Waals surface area contributed by atoms with Gasteiger partial charge >= 0.3 is 0 Å². The summed E-state index contributed by atoms with van der Waals surface area (Å²) in [5.74, 6) is 0.332. The Kier molecular flexibility index (Phi) is 5.34. The Hall–Kier alpha value is -2.40. The lowest BCUT2D eigenvalue weighted by Gasteiger charge is -2.16. The number of phenols is 1. The molecule has 0 unspecified atom stereocenters. The van der Waals surface area contributed by atoms with E-state index in [1.54, 1.807) is 24.3 Å². The van der Waals surface area contributed by atoms with Crippen LogP contribution in [0.25, 0.3) is 0 Å². The lowest BCUT2D eigenvalue weighted by atomic mass is 10.1. The van der Waals surface area contributed by atoms with E-state index in [-0.39, 0.29) is 16.9 Å². The molecule has 0 spiro atoms. The van der Waals surface area contributed by atoms with Crippen LogP contribution >= 0.6 is 11.6 Å². The first kappa shape index (κ1) is 17.0. The fourth-order valence-electron chi connectivity index (χ4n) is 1.97. The van der Waals surface area contributed by atoms with Crippen molar-refractivity contribution in [1.82, 2.24) is 0 Å². The van der Waals surface area contributed by atoms with Crippen LogP contribution in [0.3, 0.4) is 0 Å². The summed E-state index contributed by atoms with van der Waals surface area (Å²) in [5, 5.41) is 12.6. The second-order valence-corrected chi connectivity index (χ2v) is 5.53. The zero-order valence-corrected chi connectivity index (χ0v) is 13.8. The lowest BCUT2D eigenvalue weighted by molar-refractivity contribution is 0.102. The van der Waals surface area contributed by atoms with E-state index in [0.29, 0.717) is 22.7 Å². The van der Waals surface area contributed by atoms with Crippen molar-refractivity contribution >= 4 is 23.2 Å². The molecule has 23 heavy (non-hydrogen) atoms. The second-order valence-electron chi connectivity index (χ2n) is 5.13. The van der Waals surface area contributed by atoms with Crippen LogP contribution in [-0.4, -0.2) is 24.2 Å². The van der Waals surface area contributed by atoms with E-state index < -0.39 is 5.91 Å². The van der Waals surface area contributed by atoms with E-state index in [2.05, 4.69) is 5.32 Å². The van der Waals surface area contributed by atoms with E-state index in [1.807, 2.05) is 13.8 Å². The highest BCUT2D eigenvalue weighted by molar-refractivity contribution is 6.32. The molecule has 6 heteroatoms. The van der Waals surface area contributed by atoms with Crippen LogP contribution in [0.1, 0.15) is 24.2 Å². The molecule has 0 aliphatic heterocycles. The predicted molar refractivity (Wildman–Crippen MR) is 89.8 cm³/mol. The summed E-state index contributed by atoms with van der Waals surface area (Å²) >= 11 is 6.20. The fraction of sp³-hybridized carbons (Fsp3) is 0.235. The second kappa shape index (κ2) is 7.24. The summed E-state index contributed by atoms with van der Waals surface area (Å²) in [7, 11) is 1.48. The van der Waals surface area contributed by atoms with Gasteiger partial charge in [-0.15, -0.1) is 0 Å². The molecule has 122 valence electrons. The Labute approximate surface area is 139 Å². The average molecular weight is 336 g/mol. The molecule has 2 N–H and O–H groups in total. The number of ether oxygens (including phenoxy) is 2. The Morgan fingerprint density at radius 3 is 2.57 bits per heavy atom. The summed E-state index contributed by atoms with van der Waals surface area (Å²) in [6.45, 7) is 3.74. The van der Waals surface area contributed by atoms with Gasteiger partial charge in [-0.25, -0.2) is 0 Å². The summed E-state index contributed by atoms with van der Waals surface area (Å²) in [6.07, 6.45) is -0.0812. The van der Waals surface area contributed by atoms with Crippen LogP contribution in [0.2, 0.25) is 5.02 Å². The summed E-state index contributed by atoms with van der Waals surface area (Å²) < 4.78 is 10.9. The zero-order chi connectivity index (χ0) is 17.0. The van der Waals surface area contributed by atoms with Gasteiger partial charge in [0.1, 0.15) is 5.75 Å². The molecule has 0 fully saturated rings. The maximum Gasteiger partial charge on any atom is 0.255 e. The van der Waals surface area contributed by atoms with Crippen LogP contribution in [-0.2, 0) is 0 Å². The van der Waals surface area contributed by atoms with Crippen molar-refractivity contribution in [2.24, 2.45) is 0 Å². The average Bonchev–Trinajstić information content (AvgIpc) is 2.50. The molecular formula is C17H18ClNO4. The molecule has 0 atom stereocenters. The van der Waals surface area contributed by atoms with Crippen molar-refractivity contribution in [3.8, 4) is 17.2 Å². The van der Waals surface area contributed by atoms with E-state index >= 15 is 0 Å². The van der Waals surface area contributed by atoms with Crippen LogP contribution in [0.5, 0.6) is 17.2 Å². The highest BCUT2D eigenvalue weighted by atomic mass is 35.5. The number of anilines is 1. The normalized spacial score (nSPS) is 10.5. The molecule has 0 saturated heterocycles.